The molecule has 4 heterocycles. The lowest BCUT2D eigenvalue weighted by molar-refractivity contribution is 0.0729. The zero-order valence-electron chi connectivity index (χ0n) is 18.7. The Balaban J connectivity index is 1.56. The van der Waals surface area contributed by atoms with Crippen LogP contribution in [0.25, 0.3) is 0 Å². The van der Waals surface area contributed by atoms with Gasteiger partial charge in [-0.2, -0.15) is 5.10 Å². The Labute approximate surface area is 191 Å². The lowest BCUT2D eigenvalue weighted by Gasteiger charge is -2.31. The minimum absolute atomic E-state index is 0.115. The van der Waals surface area contributed by atoms with E-state index in [1.165, 1.54) is 6.20 Å². The van der Waals surface area contributed by atoms with Gasteiger partial charge in [-0.05, 0) is 42.9 Å². The predicted molar refractivity (Wildman–Crippen MR) is 123 cm³/mol. The second kappa shape index (κ2) is 8.69. The molecule has 0 aliphatic carbocycles. The molecule has 0 spiro atoms. The van der Waals surface area contributed by atoms with Gasteiger partial charge in [0.1, 0.15) is 5.56 Å². The lowest BCUT2D eigenvalue weighted by Crippen LogP contribution is -2.43. The van der Waals surface area contributed by atoms with E-state index in [1.54, 1.807) is 15.7 Å². The fraction of sp³-hybridized carbons (Fsp3) is 0.360. The van der Waals surface area contributed by atoms with Crippen molar-refractivity contribution in [3.05, 3.63) is 87.1 Å². The number of aromatic amines is 1. The van der Waals surface area contributed by atoms with E-state index < -0.39 is 0 Å². The Morgan fingerprint density at radius 2 is 1.97 bits per heavy atom. The maximum Gasteiger partial charge on any atom is 0.264 e. The van der Waals surface area contributed by atoms with Gasteiger partial charge in [0.15, 0.2) is 0 Å². The van der Waals surface area contributed by atoms with Crippen LogP contribution >= 0.6 is 0 Å². The fourth-order valence-electron chi connectivity index (χ4n) is 4.93. The number of rotatable bonds is 4. The normalized spacial score (nSPS) is 17.8. The van der Waals surface area contributed by atoms with Crippen molar-refractivity contribution in [2.24, 2.45) is 0 Å². The molecule has 1 N–H and O–H groups in total. The number of nitrogens with zero attached hydrogens (tertiary/aromatic N) is 4. The van der Waals surface area contributed by atoms with E-state index in [0.29, 0.717) is 38.2 Å². The summed E-state index contributed by atoms with van der Waals surface area (Å²) in [5.41, 5.74) is 3.13. The van der Waals surface area contributed by atoms with Gasteiger partial charge in [0.05, 0.1) is 18.3 Å². The molecule has 1 saturated heterocycles. The number of pyridine rings is 1. The molecular weight excluding hydrogens is 418 g/mol. The molecule has 8 nitrogen and oxygen atoms in total. The summed E-state index contributed by atoms with van der Waals surface area (Å²) in [6.07, 6.45) is 7.29. The Kier molecular flexibility index (Phi) is 5.58. The Hall–Kier alpha value is -3.68. The number of aromatic nitrogens is 3. The zero-order valence-corrected chi connectivity index (χ0v) is 18.7. The van der Waals surface area contributed by atoms with Crippen molar-refractivity contribution in [2.75, 3.05) is 13.1 Å². The summed E-state index contributed by atoms with van der Waals surface area (Å²) < 4.78 is 1.62. The SMILES string of the molecule is CC1CCCN1C(=O)c1c2c(cn(Cc3ccccc3)c1=O)CN(C(=O)c1cn[nH]c1)CC2. The van der Waals surface area contributed by atoms with Gasteiger partial charge in [0.2, 0.25) is 0 Å². The maximum absolute atomic E-state index is 13.6. The number of hydrogen-bond donors (Lipinski definition) is 1. The molecule has 1 atom stereocenters. The summed E-state index contributed by atoms with van der Waals surface area (Å²) in [6.45, 7) is 3.89. The average molecular weight is 446 g/mol. The molecule has 5 rings (SSSR count). The Morgan fingerprint density at radius 3 is 2.67 bits per heavy atom. The quantitative estimate of drug-likeness (QED) is 0.668. The molecule has 2 amide bonds. The zero-order chi connectivity index (χ0) is 22.9. The van der Waals surface area contributed by atoms with Crippen molar-refractivity contribution < 1.29 is 9.59 Å². The molecule has 33 heavy (non-hydrogen) atoms. The van der Waals surface area contributed by atoms with Crippen molar-refractivity contribution in [3.8, 4) is 0 Å². The number of benzene rings is 1. The second-order valence-corrected chi connectivity index (χ2v) is 8.88. The molecule has 1 unspecified atom stereocenters. The highest BCUT2D eigenvalue weighted by molar-refractivity contribution is 5.97. The molecule has 3 aromatic rings. The topological polar surface area (TPSA) is 91.3 Å². The number of nitrogens with one attached hydrogen (secondary N) is 1. The summed E-state index contributed by atoms with van der Waals surface area (Å²) >= 11 is 0. The maximum atomic E-state index is 13.6. The number of likely N-dealkylation sites (tertiary alicyclic amines) is 1. The summed E-state index contributed by atoms with van der Waals surface area (Å²) in [7, 11) is 0. The van der Waals surface area contributed by atoms with Gasteiger partial charge >= 0.3 is 0 Å². The highest BCUT2D eigenvalue weighted by atomic mass is 16.2. The molecular formula is C25H27N5O3. The van der Waals surface area contributed by atoms with Crippen LogP contribution in [0.1, 0.15) is 57.2 Å². The first kappa shape index (κ1) is 21.2. The fourth-order valence-corrected chi connectivity index (χ4v) is 4.93. The van der Waals surface area contributed by atoms with Gasteiger partial charge < -0.3 is 14.4 Å². The molecule has 2 aromatic heterocycles. The summed E-state index contributed by atoms with van der Waals surface area (Å²) in [4.78, 5) is 43.6. The largest absolute Gasteiger partial charge is 0.336 e. The van der Waals surface area contributed by atoms with Crippen molar-refractivity contribution in [2.45, 2.75) is 45.3 Å². The molecule has 2 aliphatic rings. The first-order chi connectivity index (χ1) is 16.0. The summed E-state index contributed by atoms with van der Waals surface area (Å²) in [5, 5.41) is 6.55. The van der Waals surface area contributed by atoms with Gasteiger partial charge in [0, 0.05) is 38.1 Å². The van der Waals surface area contributed by atoms with Crippen LogP contribution in [0, 0.1) is 0 Å². The van der Waals surface area contributed by atoms with Crippen LogP contribution in [0.15, 0.2) is 53.7 Å². The van der Waals surface area contributed by atoms with E-state index in [2.05, 4.69) is 10.2 Å². The summed E-state index contributed by atoms with van der Waals surface area (Å²) in [6, 6.07) is 9.85. The van der Waals surface area contributed by atoms with E-state index in [1.807, 2.05) is 48.4 Å². The summed E-state index contributed by atoms with van der Waals surface area (Å²) in [5.74, 6) is -0.297. The van der Waals surface area contributed by atoms with Crippen LogP contribution in [0.5, 0.6) is 0 Å². The predicted octanol–water partition coefficient (Wildman–Crippen LogP) is 2.44. The molecule has 1 fully saturated rings. The Bertz CT molecular complexity index is 1230. The third kappa shape index (κ3) is 3.97. The third-order valence-electron chi connectivity index (χ3n) is 6.72. The van der Waals surface area contributed by atoms with E-state index >= 15 is 0 Å². The highest BCUT2D eigenvalue weighted by Gasteiger charge is 2.33. The minimum Gasteiger partial charge on any atom is -0.336 e. The lowest BCUT2D eigenvalue weighted by atomic mass is 9.95. The average Bonchev–Trinajstić information content (AvgIpc) is 3.51. The molecule has 8 heteroatoms. The van der Waals surface area contributed by atoms with Gasteiger partial charge in [-0.3, -0.25) is 19.5 Å². The van der Waals surface area contributed by atoms with Crippen molar-refractivity contribution >= 4 is 11.8 Å². The van der Waals surface area contributed by atoms with Crippen LogP contribution in [0.2, 0.25) is 0 Å². The molecule has 170 valence electrons. The first-order valence-corrected chi connectivity index (χ1v) is 11.4. The van der Waals surface area contributed by atoms with Crippen LogP contribution in [0.4, 0.5) is 0 Å². The van der Waals surface area contributed by atoms with Crippen LogP contribution in [-0.4, -0.2) is 55.5 Å². The first-order valence-electron chi connectivity index (χ1n) is 11.4. The number of H-pyrrole nitrogens is 1. The van der Waals surface area contributed by atoms with Crippen LogP contribution in [-0.2, 0) is 19.5 Å². The molecule has 2 aliphatic heterocycles. The van der Waals surface area contributed by atoms with E-state index in [4.69, 9.17) is 0 Å². The number of carbonyl (C=O) groups is 2. The van der Waals surface area contributed by atoms with Gasteiger partial charge in [-0.15, -0.1) is 0 Å². The van der Waals surface area contributed by atoms with Gasteiger partial charge in [0.25, 0.3) is 17.4 Å². The Morgan fingerprint density at radius 1 is 1.15 bits per heavy atom. The third-order valence-corrected chi connectivity index (χ3v) is 6.72. The number of hydrogen-bond acceptors (Lipinski definition) is 4. The van der Waals surface area contributed by atoms with E-state index in [0.717, 1.165) is 29.5 Å². The minimum atomic E-state index is -0.253. The van der Waals surface area contributed by atoms with Crippen LogP contribution < -0.4 is 5.56 Å². The molecule has 1 aromatic carbocycles. The number of amides is 2. The van der Waals surface area contributed by atoms with Gasteiger partial charge in [-0.1, -0.05) is 30.3 Å². The van der Waals surface area contributed by atoms with E-state index in [-0.39, 0.29) is 29.0 Å². The van der Waals surface area contributed by atoms with E-state index in [9.17, 15) is 14.4 Å². The standard InChI is InChI=1S/C25H27N5O3/c1-17-6-5-10-30(17)25(33)22-21-9-11-28(23(31)19-12-26-27-13-19)15-20(21)16-29(24(22)32)14-18-7-3-2-4-8-18/h2-4,7-8,12-13,16-17H,5-6,9-11,14-15H2,1H3,(H,26,27). The molecule has 0 saturated carbocycles. The highest BCUT2D eigenvalue weighted by Crippen LogP contribution is 2.26. The van der Waals surface area contributed by atoms with Crippen molar-refractivity contribution in [1.82, 2.24) is 24.6 Å². The second-order valence-electron chi connectivity index (χ2n) is 8.88. The smallest absolute Gasteiger partial charge is 0.264 e. The number of carbonyl (C=O) groups excluding carboxylic acids is 2. The van der Waals surface area contributed by atoms with Crippen molar-refractivity contribution in [3.63, 3.8) is 0 Å². The van der Waals surface area contributed by atoms with Crippen molar-refractivity contribution in [1.29, 1.82) is 0 Å². The number of fused-ring (bicyclic) bond motifs is 1. The monoisotopic (exact) mass is 445 g/mol. The molecule has 0 radical (unpaired) electrons. The van der Waals surface area contributed by atoms with Crippen LogP contribution in [0.3, 0.4) is 0 Å². The van der Waals surface area contributed by atoms with Gasteiger partial charge in [-0.25, -0.2) is 0 Å². The molecule has 0 bridgehead atoms.